The zero-order valence-corrected chi connectivity index (χ0v) is 22.5. The highest BCUT2D eigenvalue weighted by Crippen LogP contribution is 2.29. The van der Waals surface area contributed by atoms with Crippen LogP contribution in [0, 0.1) is 12.3 Å². The van der Waals surface area contributed by atoms with Gasteiger partial charge in [0.05, 0.1) is 28.2 Å². The topological polar surface area (TPSA) is 149 Å². The lowest BCUT2D eigenvalue weighted by atomic mass is 9.85. The maximum atomic E-state index is 13.5. The molecule has 1 aliphatic rings. The Hall–Kier alpha value is -3.31. The average Bonchev–Trinajstić information content (AvgIpc) is 3.41. The summed E-state index contributed by atoms with van der Waals surface area (Å²) in [6.07, 6.45) is -1.61. The van der Waals surface area contributed by atoms with E-state index >= 15 is 0 Å². The Morgan fingerprint density at radius 1 is 1.16 bits per heavy atom. The fourth-order valence-corrected chi connectivity index (χ4v) is 5.18. The maximum absolute atomic E-state index is 13.5. The van der Waals surface area contributed by atoms with Crippen molar-refractivity contribution in [2.45, 2.75) is 71.7 Å². The number of aromatic nitrogens is 1. The predicted octanol–water partition coefficient (Wildman–Crippen LogP) is 2.26. The van der Waals surface area contributed by atoms with Crippen LogP contribution in [-0.2, 0) is 19.2 Å². The SMILES string of the molecule is Cc1ncsc1-c1ccc([C@H](C)NC(=O)[C@@H]2C[C@H](O)CN2C(=O)[C@@H](NC(=O)CC(=O)O)C(C)(C)C)cc1. The molecule has 200 valence electrons. The van der Waals surface area contributed by atoms with Gasteiger partial charge in [-0.05, 0) is 30.4 Å². The van der Waals surface area contributed by atoms with Gasteiger partial charge in [0.15, 0.2) is 0 Å². The van der Waals surface area contributed by atoms with E-state index in [2.05, 4.69) is 15.6 Å². The molecule has 1 aromatic heterocycles. The first-order valence-corrected chi connectivity index (χ1v) is 13.0. The zero-order valence-electron chi connectivity index (χ0n) is 21.6. The number of carboxylic acids is 1. The Balaban J connectivity index is 1.72. The summed E-state index contributed by atoms with van der Waals surface area (Å²) in [6, 6.07) is 5.46. The third-order valence-corrected chi connectivity index (χ3v) is 7.35. The Morgan fingerprint density at radius 2 is 1.81 bits per heavy atom. The first-order valence-electron chi connectivity index (χ1n) is 12.1. The minimum atomic E-state index is -1.31. The van der Waals surface area contributed by atoms with E-state index < -0.39 is 53.7 Å². The van der Waals surface area contributed by atoms with Crippen molar-refractivity contribution in [3.05, 3.63) is 41.0 Å². The molecule has 2 aromatic rings. The number of nitrogens with one attached hydrogen (secondary N) is 2. The van der Waals surface area contributed by atoms with Gasteiger partial charge in [0.2, 0.25) is 17.7 Å². The van der Waals surface area contributed by atoms with Crippen LogP contribution in [0.5, 0.6) is 0 Å². The highest BCUT2D eigenvalue weighted by atomic mass is 32.1. The van der Waals surface area contributed by atoms with Gasteiger partial charge in [-0.3, -0.25) is 19.2 Å². The summed E-state index contributed by atoms with van der Waals surface area (Å²) < 4.78 is 0. The molecule has 1 saturated heterocycles. The lowest BCUT2D eigenvalue weighted by Gasteiger charge is -2.35. The highest BCUT2D eigenvalue weighted by Gasteiger charge is 2.44. The highest BCUT2D eigenvalue weighted by molar-refractivity contribution is 7.13. The van der Waals surface area contributed by atoms with Gasteiger partial charge >= 0.3 is 5.97 Å². The van der Waals surface area contributed by atoms with Gasteiger partial charge in [-0.25, -0.2) is 4.98 Å². The van der Waals surface area contributed by atoms with Crippen molar-refractivity contribution in [3.8, 4) is 10.4 Å². The number of carbonyl (C=O) groups is 4. The number of nitrogens with zero attached hydrogens (tertiary/aromatic N) is 2. The molecule has 4 N–H and O–H groups in total. The fourth-order valence-electron chi connectivity index (χ4n) is 4.36. The molecule has 37 heavy (non-hydrogen) atoms. The number of amides is 3. The van der Waals surface area contributed by atoms with Crippen molar-refractivity contribution in [1.29, 1.82) is 0 Å². The van der Waals surface area contributed by atoms with E-state index in [9.17, 15) is 24.3 Å². The van der Waals surface area contributed by atoms with E-state index in [0.29, 0.717) is 0 Å². The van der Waals surface area contributed by atoms with Gasteiger partial charge in [0, 0.05) is 13.0 Å². The number of benzene rings is 1. The van der Waals surface area contributed by atoms with Crippen LogP contribution in [0.15, 0.2) is 29.8 Å². The quantitative estimate of drug-likeness (QED) is 0.383. The number of thiazole rings is 1. The van der Waals surface area contributed by atoms with Gasteiger partial charge in [-0.2, -0.15) is 0 Å². The molecule has 1 fully saturated rings. The number of aryl methyl sites for hydroxylation is 1. The summed E-state index contributed by atoms with van der Waals surface area (Å²) in [5, 5.41) is 24.6. The molecule has 0 unspecified atom stereocenters. The summed E-state index contributed by atoms with van der Waals surface area (Å²) in [7, 11) is 0. The second kappa shape index (κ2) is 11.4. The van der Waals surface area contributed by atoms with Crippen molar-refractivity contribution in [2.24, 2.45) is 5.41 Å². The molecule has 0 spiro atoms. The first kappa shape index (κ1) is 28.3. The molecular formula is C26H34N4O6S. The van der Waals surface area contributed by atoms with Gasteiger partial charge < -0.3 is 25.7 Å². The molecule has 11 heteroatoms. The first-order chi connectivity index (χ1) is 17.3. The molecule has 1 aromatic carbocycles. The Labute approximate surface area is 220 Å². The molecule has 0 saturated carbocycles. The number of aliphatic hydroxyl groups is 1. The van der Waals surface area contributed by atoms with E-state index in [1.807, 2.05) is 38.1 Å². The molecule has 0 aliphatic carbocycles. The number of β-amino-alcohol motifs (C(OH)–C–C–N with tert-alkyl or cyclic N) is 1. The van der Waals surface area contributed by atoms with Crippen LogP contribution in [0.2, 0.25) is 0 Å². The minimum Gasteiger partial charge on any atom is -0.481 e. The number of aliphatic hydroxyl groups excluding tert-OH is 1. The van der Waals surface area contributed by atoms with Crippen LogP contribution in [0.3, 0.4) is 0 Å². The third-order valence-electron chi connectivity index (χ3n) is 6.37. The van der Waals surface area contributed by atoms with E-state index in [-0.39, 0.29) is 19.0 Å². The largest absolute Gasteiger partial charge is 0.481 e. The normalized spacial score (nSPS) is 19.2. The predicted molar refractivity (Wildman–Crippen MR) is 139 cm³/mol. The van der Waals surface area contributed by atoms with E-state index in [0.717, 1.165) is 21.7 Å². The van der Waals surface area contributed by atoms with Crippen LogP contribution in [0.1, 0.15) is 57.8 Å². The lowest BCUT2D eigenvalue weighted by molar-refractivity contribution is -0.146. The van der Waals surface area contributed by atoms with Gasteiger partial charge in [-0.15, -0.1) is 11.3 Å². The molecule has 0 bridgehead atoms. The standard InChI is InChI=1S/C26H34N4O6S/c1-14(16-6-8-17(9-7-16)22-15(2)27-13-37-22)28-24(35)19-10-18(31)12-30(19)25(36)23(26(3,4)5)29-20(32)11-21(33)34/h6-9,13-14,18-19,23,31H,10-12H2,1-5H3,(H,28,35)(H,29,32)(H,33,34)/t14-,18-,19-,23+/m0/s1. The second-order valence-corrected chi connectivity index (χ2v) is 11.3. The van der Waals surface area contributed by atoms with Crippen LogP contribution in [0.4, 0.5) is 0 Å². The Kier molecular flexibility index (Phi) is 8.70. The van der Waals surface area contributed by atoms with E-state index in [1.165, 1.54) is 4.90 Å². The van der Waals surface area contributed by atoms with Gasteiger partial charge in [-0.1, -0.05) is 45.0 Å². The summed E-state index contributed by atoms with van der Waals surface area (Å²) in [6.45, 7) is 8.93. The van der Waals surface area contributed by atoms with Crippen molar-refractivity contribution >= 4 is 35.0 Å². The van der Waals surface area contributed by atoms with Crippen molar-refractivity contribution in [1.82, 2.24) is 20.5 Å². The number of aliphatic carboxylic acids is 1. The number of likely N-dealkylation sites (tertiary alicyclic amines) is 1. The van der Waals surface area contributed by atoms with Crippen molar-refractivity contribution in [2.75, 3.05) is 6.54 Å². The molecule has 3 rings (SSSR count). The van der Waals surface area contributed by atoms with Gasteiger partial charge in [0.1, 0.15) is 18.5 Å². The molecule has 2 heterocycles. The van der Waals surface area contributed by atoms with Crippen LogP contribution >= 0.6 is 11.3 Å². The minimum absolute atomic E-state index is 0.0599. The molecule has 0 radical (unpaired) electrons. The van der Waals surface area contributed by atoms with E-state index in [1.54, 1.807) is 37.6 Å². The van der Waals surface area contributed by atoms with Crippen LogP contribution in [-0.4, -0.2) is 68.5 Å². The number of carbonyl (C=O) groups excluding carboxylic acids is 3. The summed E-state index contributed by atoms with van der Waals surface area (Å²) >= 11 is 1.56. The zero-order chi connectivity index (χ0) is 27.5. The summed E-state index contributed by atoms with van der Waals surface area (Å²) in [5.74, 6) is -3.06. The third kappa shape index (κ3) is 6.92. The molecule has 1 aliphatic heterocycles. The summed E-state index contributed by atoms with van der Waals surface area (Å²) in [5.41, 5.74) is 3.91. The number of hydrogen-bond acceptors (Lipinski definition) is 7. The Bertz CT molecular complexity index is 1160. The van der Waals surface area contributed by atoms with Crippen LogP contribution in [0.25, 0.3) is 10.4 Å². The smallest absolute Gasteiger partial charge is 0.312 e. The molecule has 3 amide bonds. The molecule has 4 atom stereocenters. The number of rotatable bonds is 8. The fraction of sp³-hybridized carbons (Fsp3) is 0.500. The van der Waals surface area contributed by atoms with E-state index in [4.69, 9.17) is 5.11 Å². The monoisotopic (exact) mass is 530 g/mol. The lowest BCUT2D eigenvalue weighted by Crippen LogP contribution is -2.58. The van der Waals surface area contributed by atoms with Crippen LogP contribution < -0.4 is 10.6 Å². The van der Waals surface area contributed by atoms with Gasteiger partial charge in [0.25, 0.3) is 0 Å². The maximum Gasteiger partial charge on any atom is 0.312 e. The molecule has 10 nitrogen and oxygen atoms in total. The average molecular weight is 531 g/mol. The number of carboxylic acid groups (broad SMARTS) is 1. The Morgan fingerprint density at radius 3 is 2.35 bits per heavy atom. The van der Waals surface area contributed by atoms with Crippen molar-refractivity contribution < 1.29 is 29.4 Å². The summed E-state index contributed by atoms with van der Waals surface area (Å²) in [4.78, 5) is 56.4. The second-order valence-electron chi connectivity index (χ2n) is 10.5. The number of hydrogen-bond donors (Lipinski definition) is 4. The molecular weight excluding hydrogens is 496 g/mol. The van der Waals surface area contributed by atoms with Crippen molar-refractivity contribution in [3.63, 3.8) is 0 Å².